The van der Waals surface area contributed by atoms with Gasteiger partial charge in [0.25, 0.3) is 5.91 Å². The zero-order chi connectivity index (χ0) is 46.0. The van der Waals surface area contributed by atoms with Crippen LogP contribution >= 0.6 is 23.5 Å². The van der Waals surface area contributed by atoms with E-state index in [4.69, 9.17) is 28.4 Å². The molecule has 1 aliphatic heterocycles. The molecule has 3 aromatic carbocycles. The van der Waals surface area contributed by atoms with Crippen LogP contribution in [0.15, 0.2) is 102 Å². The van der Waals surface area contributed by atoms with Crippen LogP contribution in [0, 0.1) is 105 Å². The van der Waals surface area contributed by atoms with Crippen LogP contribution in [0.5, 0.6) is 0 Å². The van der Waals surface area contributed by atoms with Gasteiger partial charge in [-0.2, -0.15) is 0 Å². The first-order valence-corrected chi connectivity index (χ1v) is 24.0. The van der Waals surface area contributed by atoms with E-state index in [-0.39, 0.29) is 137 Å². The van der Waals surface area contributed by atoms with Crippen molar-refractivity contribution in [1.29, 1.82) is 0 Å². The topological polar surface area (TPSA) is 196 Å². The number of thioether (sulfide) groups is 2. The first-order valence-electron chi connectivity index (χ1n) is 21.2. The number of ether oxygens (including phenoxy) is 6. The Balaban J connectivity index is 0.00000408. The van der Waals surface area contributed by atoms with Crippen LogP contribution in [-0.2, 0) is 38.0 Å². The third-order valence-electron chi connectivity index (χ3n) is 13.8. The second-order valence-electron chi connectivity index (χ2n) is 17.6. The summed E-state index contributed by atoms with van der Waals surface area (Å²) in [4.78, 5) is 58.3. The number of nitrogens with one attached hydrogen (secondary N) is 1. The number of ketones is 1. The van der Waals surface area contributed by atoms with Crippen molar-refractivity contribution < 1.29 is 151 Å². The largest absolute Gasteiger partial charge is 0.456 e. The first kappa shape index (κ1) is 55.7. The molecule has 0 aromatic heterocycles. The van der Waals surface area contributed by atoms with Crippen LogP contribution in [0.1, 0.15) is 72.9 Å². The Bertz CT molecular complexity index is 2210. The molecule has 1 heterocycles. The Morgan fingerprint density at radius 2 is 1.45 bits per heavy atom. The number of aliphatic hydroxyl groups is 3. The number of rotatable bonds is 16. The third kappa shape index (κ3) is 10.5. The molecule has 18 heteroatoms. The standard InChI is InChI=1S/C48H57NO13S2.2Ac/c1-28-32(61-44(54)38(59-25-57-26-63-5)36(29-16-10-7-11-17-29)49-42(52)30-18-12-8-13-19-30)23-48(56)41(62-43(53)31-20-14-9-15-21-31)39-46(4,40(51)37(50)35(28)45(48,2)3)33(60-27-64-6)22-34-47(39,55)24-58-34;;/h7-21,32-34,36-39,41,50,55-56H,22-27H2,1-6H3,(H,49,52);;/t32?,33?,34?,36?,37?,38?,39?,41?,46-,47+,48?;;/m1../s1. The number of Topliss-reactive ketones (excluding diaryl/α,β-unsaturated/α-hetero) is 1. The Morgan fingerprint density at radius 1 is 0.864 bits per heavy atom. The van der Waals surface area contributed by atoms with Crippen molar-refractivity contribution in [3.8, 4) is 0 Å². The van der Waals surface area contributed by atoms with E-state index in [2.05, 4.69) is 5.32 Å². The molecule has 2 radical (unpaired) electrons. The van der Waals surface area contributed by atoms with Gasteiger partial charge in [0.1, 0.15) is 36.3 Å². The molecule has 2 bridgehead atoms. The summed E-state index contributed by atoms with van der Waals surface area (Å²) in [6.07, 6.45) is -4.93. The van der Waals surface area contributed by atoms with Gasteiger partial charge in [0.2, 0.25) is 0 Å². The van der Waals surface area contributed by atoms with Crippen molar-refractivity contribution >= 4 is 47.2 Å². The maximum Gasteiger partial charge on any atom is 0.338 e. The average Bonchev–Trinajstić information content (AvgIpc) is 3.29. The number of carbonyl (C=O) groups excluding carboxylic acids is 4. The van der Waals surface area contributed by atoms with Gasteiger partial charge in [-0.25, -0.2) is 9.59 Å². The number of benzene rings is 3. The molecule has 3 aromatic rings. The number of amides is 1. The minimum Gasteiger partial charge on any atom is -0.456 e. The summed E-state index contributed by atoms with van der Waals surface area (Å²) in [7, 11) is 0. The van der Waals surface area contributed by atoms with Gasteiger partial charge >= 0.3 is 11.9 Å². The van der Waals surface area contributed by atoms with Gasteiger partial charge in [0, 0.05) is 118 Å². The molecular formula is C48H57Ac2NO13S2. The minimum atomic E-state index is -2.25. The number of hydrogen-bond donors (Lipinski definition) is 4. The number of carbonyl (C=O) groups is 4. The van der Waals surface area contributed by atoms with Crippen molar-refractivity contribution in [3.05, 3.63) is 119 Å². The second kappa shape index (κ2) is 23.3. The van der Waals surface area contributed by atoms with Crippen LogP contribution in [0.3, 0.4) is 0 Å². The molecule has 3 aliphatic carbocycles. The van der Waals surface area contributed by atoms with Gasteiger partial charge in [-0.15, -0.1) is 23.5 Å². The van der Waals surface area contributed by atoms with Crippen LogP contribution < -0.4 is 5.32 Å². The molecule has 9 unspecified atom stereocenters. The fourth-order valence-electron chi connectivity index (χ4n) is 10.3. The van der Waals surface area contributed by atoms with Gasteiger partial charge in [-0.1, -0.05) is 80.6 Å². The molecule has 3 fully saturated rings. The van der Waals surface area contributed by atoms with Gasteiger partial charge < -0.3 is 49.1 Å². The van der Waals surface area contributed by atoms with E-state index in [1.165, 1.54) is 23.5 Å². The molecule has 0 spiro atoms. The van der Waals surface area contributed by atoms with Gasteiger partial charge in [0.15, 0.2) is 11.9 Å². The molecular weight excluding hydrogens is 1320 g/mol. The van der Waals surface area contributed by atoms with E-state index < -0.39 is 101 Å². The Kier molecular flexibility index (Phi) is 19.7. The van der Waals surface area contributed by atoms with Crippen LogP contribution in [-0.4, -0.2) is 125 Å². The number of hydrogen-bond acceptors (Lipinski definition) is 15. The van der Waals surface area contributed by atoms with Crippen molar-refractivity contribution in [3.63, 3.8) is 0 Å². The zero-order valence-electron chi connectivity index (χ0n) is 37.9. The van der Waals surface area contributed by atoms with Crippen molar-refractivity contribution in [2.45, 2.75) is 94.4 Å². The molecule has 1 saturated heterocycles. The van der Waals surface area contributed by atoms with Crippen molar-refractivity contribution in [2.24, 2.45) is 16.7 Å². The summed E-state index contributed by atoms with van der Waals surface area (Å²) in [5.74, 6) is -4.01. The quantitative estimate of drug-likeness (QED) is 0.0628. The predicted octanol–water partition coefficient (Wildman–Crippen LogP) is 5.26. The molecule has 66 heavy (non-hydrogen) atoms. The fourth-order valence-corrected chi connectivity index (χ4v) is 10.8. The van der Waals surface area contributed by atoms with Gasteiger partial charge in [-0.05, 0) is 67.3 Å². The second-order valence-corrected chi connectivity index (χ2v) is 19.3. The Morgan fingerprint density at radius 3 is 2.03 bits per heavy atom. The summed E-state index contributed by atoms with van der Waals surface area (Å²) in [6, 6.07) is 24.2. The normalized spacial score (nSPS) is 30.5. The molecule has 2 saturated carbocycles. The van der Waals surface area contributed by atoms with E-state index in [1.807, 2.05) is 12.5 Å². The number of aliphatic hydroxyl groups excluding tert-OH is 1. The number of fused-ring (bicyclic) bond motifs is 5. The summed E-state index contributed by atoms with van der Waals surface area (Å²) in [5.41, 5.74) is -6.05. The Labute approximate surface area is 465 Å². The smallest absolute Gasteiger partial charge is 0.338 e. The summed E-state index contributed by atoms with van der Waals surface area (Å²) < 4.78 is 36.9. The fraction of sp³-hybridized carbons (Fsp3) is 0.500. The average molecular weight is 1370 g/mol. The van der Waals surface area contributed by atoms with Crippen molar-refractivity contribution in [1.82, 2.24) is 5.32 Å². The van der Waals surface area contributed by atoms with E-state index in [0.717, 1.165) is 0 Å². The van der Waals surface area contributed by atoms with E-state index in [0.29, 0.717) is 11.1 Å². The summed E-state index contributed by atoms with van der Waals surface area (Å²) in [6.45, 7) is 5.86. The minimum absolute atomic E-state index is 0. The molecule has 11 atom stereocenters. The SMILES string of the molecule is CSCOCOC(C(=O)OC1CC2(O)C(OC(=O)c3ccccc3)C3[C@]4(O)COC4CC(OCSC)[C@@]3(C)C(=O)C(O)C(=C1C)C2(C)C)C(NC(=O)c1ccccc1)c1ccccc1.[Ac].[Ac]. The van der Waals surface area contributed by atoms with E-state index in [1.54, 1.807) is 119 Å². The first-order chi connectivity index (χ1) is 30.5. The summed E-state index contributed by atoms with van der Waals surface area (Å²) >= 11 is 2.76. The van der Waals surface area contributed by atoms with Crippen LogP contribution in [0.25, 0.3) is 0 Å². The maximum absolute atomic E-state index is 15.3. The van der Waals surface area contributed by atoms with Gasteiger partial charge in [-0.3, -0.25) is 9.59 Å². The Hall–Kier alpha value is -1.22. The molecule has 4 aliphatic rings. The van der Waals surface area contributed by atoms with Crippen molar-refractivity contribution in [2.75, 3.05) is 37.8 Å². The maximum atomic E-state index is 15.3. The summed E-state index contributed by atoms with van der Waals surface area (Å²) in [5, 5.41) is 41.8. The van der Waals surface area contributed by atoms with Crippen LogP contribution in [0.2, 0.25) is 0 Å². The molecule has 14 nitrogen and oxygen atoms in total. The molecule has 4 N–H and O–H groups in total. The molecule has 350 valence electrons. The van der Waals surface area contributed by atoms with E-state index >= 15 is 4.79 Å². The number of esters is 2. The zero-order valence-corrected chi connectivity index (χ0v) is 49.0. The molecule has 1 amide bonds. The van der Waals surface area contributed by atoms with Crippen LogP contribution in [0.4, 0.5) is 0 Å². The van der Waals surface area contributed by atoms with E-state index in [9.17, 15) is 29.7 Å². The predicted molar refractivity (Wildman–Crippen MR) is 239 cm³/mol. The monoisotopic (exact) mass is 1370 g/mol. The molecule has 7 rings (SSSR count). The van der Waals surface area contributed by atoms with Gasteiger partial charge in [0.05, 0.1) is 47.7 Å². The third-order valence-corrected chi connectivity index (χ3v) is 14.6.